The maximum absolute atomic E-state index is 12.7. The fraction of sp³-hybridized carbons (Fsp3) is 0.152. The van der Waals surface area contributed by atoms with Gasteiger partial charge in [-0.1, -0.05) is 66.2 Å². The number of hydrogen-bond donors (Lipinski definition) is 0. The predicted molar refractivity (Wildman–Crippen MR) is 162 cm³/mol. The quantitative estimate of drug-likeness (QED) is 0.155. The van der Waals surface area contributed by atoms with Crippen molar-refractivity contribution in [1.29, 1.82) is 0 Å². The van der Waals surface area contributed by atoms with Gasteiger partial charge in [0.2, 0.25) is 11.6 Å². The van der Waals surface area contributed by atoms with Crippen LogP contribution >= 0.6 is 34.3 Å². The second kappa shape index (κ2) is 10.1. The molecule has 0 atom stereocenters. The Bertz CT molecular complexity index is 1740. The number of Topliss-reactive ketones (excluding diaryl/α,β-unsaturated/α-hetero) is 2. The lowest BCUT2D eigenvalue weighted by atomic mass is 9.98. The van der Waals surface area contributed by atoms with Crippen molar-refractivity contribution in [3.63, 3.8) is 0 Å². The van der Waals surface area contributed by atoms with Crippen LogP contribution in [0, 0.1) is 13.8 Å². The molecule has 188 valence electrons. The van der Waals surface area contributed by atoms with Crippen molar-refractivity contribution in [2.45, 2.75) is 33.1 Å². The molecule has 0 saturated carbocycles. The standard InChI is InChI=1S/C33H25ClO2S2/c1-19-27-17-24(34)15-16-29(27)38-33(19)26-10-6-9-25(26)28-18-30(37-20(28)2)21-11-13-23(14-12-21)32(36)31(35)22-7-4-3-5-8-22/h3-5,7-8,11-18H,6,9-10H2,1-2H3. The number of hydrogen-bond acceptors (Lipinski definition) is 4. The van der Waals surface area contributed by atoms with Gasteiger partial charge in [-0.2, -0.15) is 0 Å². The Morgan fingerprint density at radius 1 is 0.763 bits per heavy atom. The van der Waals surface area contributed by atoms with Gasteiger partial charge in [-0.15, -0.1) is 22.7 Å². The monoisotopic (exact) mass is 552 g/mol. The summed E-state index contributed by atoms with van der Waals surface area (Å²) < 4.78 is 1.28. The zero-order chi connectivity index (χ0) is 26.4. The summed E-state index contributed by atoms with van der Waals surface area (Å²) in [6.07, 6.45) is 3.33. The first-order valence-electron chi connectivity index (χ1n) is 12.7. The first-order valence-corrected chi connectivity index (χ1v) is 14.7. The molecule has 3 aromatic carbocycles. The molecule has 2 aromatic heterocycles. The van der Waals surface area contributed by atoms with Crippen LogP contribution in [0.3, 0.4) is 0 Å². The van der Waals surface area contributed by atoms with E-state index in [9.17, 15) is 9.59 Å². The number of benzene rings is 3. The van der Waals surface area contributed by atoms with Crippen LogP contribution in [0.15, 0.2) is 78.9 Å². The largest absolute Gasteiger partial charge is 0.285 e. The molecule has 2 nitrogen and oxygen atoms in total. The lowest BCUT2D eigenvalue weighted by Crippen LogP contribution is -2.14. The molecule has 1 aliphatic carbocycles. The third kappa shape index (κ3) is 4.47. The van der Waals surface area contributed by atoms with Gasteiger partial charge in [0.1, 0.15) is 0 Å². The van der Waals surface area contributed by atoms with E-state index in [1.807, 2.05) is 35.6 Å². The summed E-state index contributed by atoms with van der Waals surface area (Å²) in [7, 11) is 0. The average molecular weight is 553 g/mol. The van der Waals surface area contributed by atoms with E-state index in [0.29, 0.717) is 11.1 Å². The van der Waals surface area contributed by atoms with E-state index in [2.05, 4.69) is 32.0 Å². The van der Waals surface area contributed by atoms with Crippen molar-refractivity contribution in [2.75, 3.05) is 0 Å². The maximum Gasteiger partial charge on any atom is 0.233 e. The molecule has 6 rings (SSSR count). The highest BCUT2D eigenvalue weighted by Crippen LogP contribution is 2.48. The normalized spacial score (nSPS) is 13.4. The van der Waals surface area contributed by atoms with Crippen LogP contribution in [-0.4, -0.2) is 11.6 Å². The van der Waals surface area contributed by atoms with Crippen LogP contribution in [0.5, 0.6) is 0 Å². The molecule has 0 radical (unpaired) electrons. The highest BCUT2D eigenvalue weighted by Gasteiger charge is 2.24. The second-order valence-electron chi connectivity index (χ2n) is 9.69. The van der Waals surface area contributed by atoms with Gasteiger partial charge < -0.3 is 0 Å². The summed E-state index contributed by atoms with van der Waals surface area (Å²) >= 11 is 9.94. The van der Waals surface area contributed by atoms with E-state index in [1.54, 1.807) is 47.7 Å². The molecule has 38 heavy (non-hydrogen) atoms. The third-order valence-corrected chi connectivity index (χ3v) is 9.97. The Labute approximate surface area is 235 Å². The Kier molecular flexibility index (Phi) is 6.65. The van der Waals surface area contributed by atoms with Gasteiger partial charge in [-0.25, -0.2) is 0 Å². The fourth-order valence-corrected chi connectivity index (χ4v) is 7.85. The highest BCUT2D eigenvalue weighted by atomic mass is 35.5. The molecule has 2 heterocycles. The van der Waals surface area contributed by atoms with Crippen molar-refractivity contribution in [1.82, 2.24) is 0 Å². The molecule has 0 saturated heterocycles. The number of halogens is 1. The molecule has 5 aromatic rings. The summed E-state index contributed by atoms with van der Waals surface area (Å²) in [6.45, 7) is 4.41. The van der Waals surface area contributed by atoms with Crippen molar-refractivity contribution in [3.05, 3.63) is 116 Å². The van der Waals surface area contributed by atoms with Crippen molar-refractivity contribution in [3.8, 4) is 10.4 Å². The molecule has 0 fully saturated rings. The average Bonchev–Trinajstić information content (AvgIpc) is 3.65. The highest BCUT2D eigenvalue weighted by molar-refractivity contribution is 7.20. The number of rotatable bonds is 6. The molecule has 1 aliphatic rings. The first kappa shape index (κ1) is 25.0. The molecule has 0 bridgehead atoms. The fourth-order valence-electron chi connectivity index (χ4n) is 5.33. The number of ketones is 2. The van der Waals surface area contributed by atoms with Crippen LogP contribution in [0.1, 0.15) is 60.9 Å². The smallest absolute Gasteiger partial charge is 0.233 e. The number of carbonyl (C=O) groups is 2. The van der Waals surface area contributed by atoms with E-state index in [1.165, 1.54) is 47.0 Å². The van der Waals surface area contributed by atoms with E-state index in [4.69, 9.17) is 11.6 Å². The summed E-state index contributed by atoms with van der Waals surface area (Å²) in [6, 6.07) is 24.6. The molecule has 0 N–H and O–H groups in total. The zero-order valence-electron chi connectivity index (χ0n) is 21.1. The number of fused-ring (bicyclic) bond motifs is 1. The molecular weight excluding hydrogens is 528 g/mol. The number of aryl methyl sites for hydroxylation is 2. The minimum atomic E-state index is -0.480. The van der Waals surface area contributed by atoms with Gasteiger partial charge in [0.05, 0.1) is 0 Å². The van der Waals surface area contributed by atoms with E-state index >= 15 is 0 Å². The Hall–Kier alpha value is -3.31. The van der Waals surface area contributed by atoms with Crippen LogP contribution in [0.4, 0.5) is 0 Å². The Morgan fingerprint density at radius 2 is 1.45 bits per heavy atom. The number of thiophene rings is 2. The van der Waals surface area contributed by atoms with Gasteiger partial charge >= 0.3 is 0 Å². The van der Waals surface area contributed by atoms with E-state index in [-0.39, 0.29) is 0 Å². The summed E-state index contributed by atoms with van der Waals surface area (Å²) in [5.41, 5.74) is 7.45. The summed E-state index contributed by atoms with van der Waals surface area (Å²) in [5, 5.41) is 2.03. The van der Waals surface area contributed by atoms with Crippen molar-refractivity contribution >= 4 is 67.1 Å². The number of allylic oxidation sites excluding steroid dienone is 2. The van der Waals surface area contributed by atoms with Crippen LogP contribution in [0.25, 0.3) is 31.7 Å². The van der Waals surface area contributed by atoms with Crippen molar-refractivity contribution < 1.29 is 9.59 Å². The first-order chi connectivity index (χ1) is 18.4. The minimum Gasteiger partial charge on any atom is -0.285 e. The lowest BCUT2D eigenvalue weighted by molar-refractivity contribution is 0.0817. The van der Waals surface area contributed by atoms with Crippen LogP contribution in [0.2, 0.25) is 5.02 Å². The van der Waals surface area contributed by atoms with Crippen molar-refractivity contribution in [2.24, 2.45) is 0 Å². The van der Waals surface area contributed by atoms with Gasteiger partial charge in [0.15, 0.2) is 0 Å². The van der Waals surface area contributed by atoms with Crippen LogP contribution in [-0.2, 0) is 0 Å². The zero-order valence-corrected chi connectivity index (χ0v) is 23.5. The molecule has 0 aliphatic heterocycles. The Balaban J connectivity index is 1.31. The third-order valence-electron chi connectivity index (χ3n) is 7.31. The molecule has 0 spiro atoms. The van der Waals surface area contributed by atoms with Crippen LogP contribution < -0.4 is 0 Å². The Morgan fingerprint density at radius 3 is 2.18 bits per heavy atom. The van der Waals surface area contributed by atoms with E-state index in [0.717, 1.165) is 29.8 Å². The molecular formula is C33H25ClO2S2. The second-order valence-corrected chi connectivity index (χ2v) is 12.4. The van der Waals surface area contributed by atoms with Gasteiger partial charge in [0, 0.05) is 35.5 Å². The SMILES string of the molecule is Cc1sc(-c2ccc(C(=O)C(=O)c3ccccc3)cc2)cc1C1=C(c2sc3ccc(Cl)cc3c2C)CCC1. The maximum atomic E-state index is 12.7. The molecule has 0 amide bonds. The summed E-state index contributed by atoms with van der Waals surface area (Å²) in [5.74, 6) is -0.960. The summed E-state index contributed by atoms with van der Waals surface area (Å²) in [4.78, 5) is 29.2. The van der Waals surface area contributed by atoms with Gasteiger partial charge in [-0.3, -0.25) is 9.59 Å². The minimum absolute atomic E-state index is 0.414. The van der Waals surface area contributed by atoms with Gasteiger partial charge in [0.25, 0.3) is 0 Å². The number of carbonyl (C=O) groups excluding carboxylic acids is 2. The molecule has 0 unspecified atom stereocenters. The predicted octanol–water partition coefficient (Wildman–Crippen LogP) is 10.1. The van der Waals surface area contributed by atoms with Gasteiger partial charge in [-0.05, 0) is 90.6 Å². The lowest BCUT2D eigenvalue weighted by Gasteiger charge is -2.07. The molecule has 5 heteroatoms. The topological polar surface area (TPSA) is 34.1 Å². The van der Waals surface area contributed by atoms with E-state index < -0.39 is 11.6 Å².